The highest BCUT2D eigenvalue weighted by atomic mass is 16.5. The molecule has 4 amide bonds. The quantitative estimate of drug-likeness (QED) is 0.466. The van der Waals surface area contributed by atoms with Gasteiger partial charge in [0, 0.05) is 17.1 Å². The lowest BCUT2D eigenvalue weighted by atomic mass is 10.1. The van der Waals surface area contributed by atoms with E-state index < -0.39 is 17.8 Å². The van der Waals surface area contributed by atoms with Crippen molar-refractivity contribution in [3.05, 3.63) is 82.7 Å². The van der Waals surface area contributed by atoms with Crippen molar-refractivity contribution in [3.63, 3.8) is 0 Å². The molecule has 4 rings (SSSR count). The van der Waals surface area contributed by atoms with E-state index in [4.69, 9.17) is 4.74 Å². The predicted octanol–water partition coefficient (Wildman–Crippen LogP) is 4.47. The summed E-state index contributed by atoms with van der Waals surface area (Å²) in [5.74, 6) is -0.573. The van der Waals surface area contributed by atoms with Crippen LogP contribution in [0.1, 0.15) is 29.4 Å². The first-order valence-corrected chi connectivity index (χ1v) is 10.7. The molecular weight excluding hydrogens is 418 g/mol. The van der Waals surface area contributed by atoms with Crippen LogP contribution in [0.4, 0.5) is 10.5 Å². The number of ether oxygens (including phenoxy) is 1. The lowest BCUT2D eigenvalue weighted by Crippen LogP contribution is -2.54. The predicted molar refractivity (Wildman–Crippen MR) is 127 cm³/mol. The summed E-state index contributed by atoms with van der Waals surface area (Å²) < 4.78 is 7.55. The summed E-state index contributed by atoms with van der Waals surface area (Å²) in [6.45, 7) is 8.27. The molecule has 168 valence electrons. The Morgan fingerprint density at radius 3 is 2.33 bits per heavy atom. The van der Waals surface area contributed by atoms with Crippen LogP contribution in [0.5, 0.6) is 5.75 Å². The van der Waals surface area contributed by atoms with E-state index in [0.717, 1.165) is 38.9 Å². The lowest BCUT2D eigenvalue weighted by Gasteiger charge is -2.26. The monoisotopic (exact) mass is 443 g/mol. The van der Waals surface area contributed by atoms with Gasteiger partial charge in [-0.15, -0.1) is 0 Å². The van der Waals surface area contributed by atoms with Gasteiger partial charge in [-0.25, -0.2) is 9.69 Å². The van der Waals surface area contributed by atoms with Crippen molar-refractivity contribution in [3.8, 4) is 11.4 Å². The summed E-state index contributed by atoms with van der Waals surface area (Å²) in [4.78, 5) is 39.2. The number of imide groups is 2. The average Bonchev–Trinajstić information content (AvgIpc) is 3.05. The number of anilines is 1. The fourth-order valence-corrected chi connectivity index (χ4v) is 4.00. The van der Waals surface area contributed by atoms with Crippen LogP contribution in [0.25, 0.3) is 11.8 Å². The number of rotatable bonds is 5. The molecule has 0 bridgehead atoms. The van der Waals surface area contributed by atoms with Gasteiger partial charge in [-0.1, -0.05) is 12.1 Å². The summed E-state index contributed by atoms with van der Waals surface area (Å²) in [6.07, 6.45) is 1.54. The van der Waals surface area contributed by atoms with Crippen molar-refractivity contribution < 1.29 is 19.1 Å². The summed E-state index contributed by atoms with van der Waals surface area (Å²) in [7, 11) is 0. The maximum Gasteiger partial charge on any atom is 0.335 e. The molecule has 1 aliphatic heterocycles. The minimum atomic E-state index is -0.757. The second kappa shape index (κ2) is 8.78. The molecular formula is C26H25N3O4. The van der Waals surface area contributed by atoms with Gasteiger partial charge in [0.25, 0.3) is 11.8 Å². The van der Waals surface area contributed by atoms with Crippen molar-refractivity contribution in [1.82, 2.24) is 9.88 Å². The molecule has 0 saturated carbocycles. The maximum absolute atomic E-state index is 13.2. The smallest absolute Gasteiger partial charge is 0.335 e. The highest BCUT2D eigenvalue weighted by Gasteiger charge is 2.37. The SMILES string of the molecule is CCOc1ccc(-n2c(C)cc(/C=C3\C(=O)NC(=O)N(c4cccc(C)c4)C3=O)c2C)cc1. The van der Waals surface area contributed by atoms with Crippen LogP contribution in [0, 0.1) is 20.8 Å². The third-order valence-electron chi connectivity index (χ3n) is 5.54. The molecule has 0 spiro atoms. The minimum absolute atomic E-state index is 0.0944. The van der Waals surface area contributed by atoms with Gasteiger partial charge in [-0.05, 0) is 87.4 Å². The molecule has 0 radical (unpaired) electrons. The van der Waals surface area contributed by atoms with Crippen LogP contribution in [0.15, 0.2) is 60.2 Å². The molecule has 1 saturated heterocycles. The van der Waals surface area contributed by atoms with Gasteiger partial charge in [-0.3, -0.25) is 14.9 Å². The second-order valence-corrected chi connectivity index (χ2v) is 7.89. The van der Waals surface area contributed by atoms with E-state index in [9.17, 15) is 14.4 Å². The first kappa shape index (κ1) is 22.1. The van der Waals surface area contributed by atoms with Gasteiger partial charge in [-0.2, -0.15) is 0 Å². The van der Waals surface area contributed by atoms with E-state index in [0.29, 0.717) is 12.3 Å². The zero-order valence-electron chi connectivity index (χ0n) is 19.0. The first-order valence-electron chi connectivity index (χ1n) is 10.7. The molecule has 2 aromatic carbocycles. The Balaban J connectivity index is 1.72. The number of nitrogens with zero attached hydrogens (tertiary/aromatic N) is 2. The third kappa shape index (κ3) is 4.17. The molecule has 2 heterocycles. The van der Waals surface area contributed by atoms with Gasteiger partial charge in [0.2, 0.25) is 0 Å². The van der Waals surface area contributed by atoms with E-state index in [1.54, 1.807) is 24.3 Å². The average molecular weight is 444 g/mol. The molecule has 33 heavy (non-hydrogen) atoms. The van der Waals surface area contributed by atoms with Crippen molar-refractivity contribution in [2.75, 3.05) is 11.5 Å². The Morgan fingerprint density at radius 2 is 1.67 bits per heavy atom. The molecule has 1 aromatic heterocycles. The summed E-state index contributed by atoms with van der Waals surface area (Å²) in [5.41, 5.74) is 4.68. The minimum Gasteiger partial charge on any atom is -0.494 e. The van der Waals surface area contributed by atoms with Crippen LogP contribution >= 0.6 is 0 Å². The third-order valence-corrected chi connectivity index (χ3v) is 5.54. The van der Waals surface area contributed by atoms with E-state index >= 15 is 0 Å². The Labute approximate surface area is 192 Å². The fourth-order valence-electron chi connectivity index (χ4n) is 4.00. The number of nitrogens with one attached hydrogen (secondary N) is 1. The van der Waals surface area contributed by atoms with E-state index in [1.807, 2.05) is 68.7 Å². The largest absolute Gasteiger partial charge is 0.494 e. The Hall–Kier alpha value is -4.13. The molecule has 1 fully saturated rings. The van der Waals surface area contributed by atoms with Crippen LogP contribution in [-0.4, -0.2) is 29.0 Å². The molecule has 0 atom stereocenters. The van der Waals surface area contributed by atoms with Gasteiger partial charge in [0.05, 0.1) is 12.3 Å². The number of hydrogen-bond donors (Lipinski definition) is 1. The van der Waals surface area contributed by atoms with E-state index in [-0.39, 0.29) is 5.57 Å². The summed E-state index contributed by atoms with van der Waals surface area (Å²) in [6, 6.07) is 15.9. The Bertz CT molecular complexity index is 1290. The normalized spacial score (nSPS) is 15.2. The maximum atomic E-state index is 13.2. The number of benzene rings is 2. The number of hydrogen-bond acceptors (Lipinski definition) is 4. The van der Waals surface area contributed by atoms with Crippen LogP contribution in [0.3, 0.4) is 0 Å². The summed E-state index contributed by atoms with van der Waals surface area (Å²) >= 11 is 0. The zero-order valence-corrected chi connectivity index (χ0v) is 19.0. The molecule has 7 nitrogen and oxygen atoms in total. The topological polar surface area (TPSA) is 80.6 Å². The first-order chi connectivity index (χ1) is 15.8. The molecule has 0 aliphatic carbocycles. The van der Waals surface area contributed by atoms with Crippen molar-refractivity contribution in [2.45, 2.75) is 27.7 Å². The van der Waals surface area contributed by atoms with Crippen LogP contribution in [0.2, 0.25) is 0 Å². The lowest BCUT2D eigenvalue weighted by molar-refractivity contribution is -0.122. The van der Waals surface area contributed by atoms with E-state index in [1.165, 1.54) is 0 Å². The Kier molecular flexibility index (Phi) is 5.87. The highest BCUT2D eigenvalue weighted by Crippen LogP contribution is 2.27. The number of amides is 4. The standard InChI is InChI=1S/C26H25N3O4/c1-5-33-22-11-9-20(10-12-22)28-17(3)14-19(18(28)4)15-23-24(30)27-26(32)29(25(23)31)21-8-6-7-16(2)13-21/h6-15H,5H2,1-4H3,(H,27,30,32)/b23-15+. The van der Waals surface area contributed by atoms with Gasteiger partial charge in [0.1, 0.15) is 11.3 Å². The van der Waals surface area contributed by atoms with Gasteiger partial charge < -0.3 is 9.30 Å². The molecule has 1 aliphatic rings. The number of barbiturate groups is 1. The highest BCUT2D eigenvalue weighted by molar-refractivity contribution is 6.39. The molecule has 0 unspecified atom stereocenters. The Morgan fingerprint density at radius 1 is 0.939 bits per heavy atom. The molecule has 7 heteroatoms. The van der Waals surface area contributed by atoms with Crippen molar-refractivity contribution >= 4 is 29.6 Å². The second-order valence-electron chi connectivity index (χ2n) is 7.89. The zero-order chi connectivity index (χ0) is 23.7. The number of urea groups is 1. The van der Waals surface area contributed by atoms with Crippen LogP contribution in [-0.2, 0) is 9.59 Å². The number of carbonyl (C=O) groups is 3. The van der Waals surface area contributed by atoms with Crippen molar-refractivity contribution in [1.29, 1.82) is 0 Å². The summed E-state index contributed by atoms with van der Waals surface area (Å²) in [5, 5.41) is 2.28. The van der Waals surface area contributed by atoms with Gasteiger partial charge >= 0.3 is 6.03 Å². The fraction of sp³-hybridized carbons (Fsp3) is 0.192. The van der Waals surface area contributed by atoms with Crippen molar-refractivity contribution in [2.24, 2.45) is 0 Å². The van der Waals surface area contributed by atoms with Gasteiger partial charge in [0.15, 0.2) is 0 Å². The molecule has 1 N–H and O–H groups in total. The number of aryl methyl sites for hydroxylation is 2. The molecule has 3 aromatic rings. The van der Waals surface area contributed by atoms with Crippen LogP contribution < -0.4 is 15.0 Å². The number of aromatic nitrogens is 1. The number of carbonyl (C=O) groups excluding carboxylic acids is 3. The van der Waals surface area contributed by atoms with E-state index in [2.05, 4.69) is 5.32 Å².